The predicted molar refractivity (Wildman–Crippen MR) is 121 cm³/mol. The monoisotopic (exact) mass is 427 g/mol. The molecule has 0 fully saturated rings. The summed E-state index contributed by atoms with van der Waals surface area (Å²) in [6.45, 7) is 0.648. The minimum Gasteiger partial charge on any atom is -0.332 e. The topological polar surface area (TPSA) is 55.2 Å². The van der Waals surface area contributed by atoms with Gasteiger partial charge in [0.25, 0.3) is 5.56 Å². The van der Waals surface area contributed by atoms with Gasteiger partial charge in [-0.3, -0.25) is 9.59 Å². The van der Waals surface area contributed by atoms with Crippen molar-refractivity contribution in [2.45, 2.75) is 19.6 Å². The third kappa shape index (κ3) is 5.35. The summed E-state index contributed by atoms with van der Waals surface area (Å²) in [5.74, 6) is -0.571. The molecule has 1 aromatic heterocycles. The molecule has 0 atom stereocenters. The van der Waals surface area contributed by atoms with Gasteiger partial charge in [-0.1, -0.05) is 60.7 Å². The van der Waals surface area contributed by atoms with Crippen molar-refractivity contribution in [2.24, 2.45) is 0 Å². The van der Waals surface area contributed by atoms with E-state index in [0.29, 0.717) is 24.3 Å². The Morgan fingerprint density at radius 3 is 1.91 bits per heavy atom. The molecule has 160 valence electrons. The van der Waals surface area contributed by atoms with Gasteiger partial charge in [-0.15, -0.1) is 0 Å². The van der Waals surface area contributed by atoms with Crippen LogP contribution in [-0.2, 0) is 24.4 Å². The number of hydrogen-bond donors (Lipinski definition) is 0. The van der Waals surface area contributed by atoms with E-state index in [1.807, 2.05) is 60.7 Å². The molecule has 1 heterocycles. The van der Waals surface area contributed by atoms with Crippen molar-refractivity contribution in [2.75, 3.05) is 0 Å². The standard InChI is InChI=1S/C26H22FN3O2/c27-23-13-11-22(12-14-23)24-15-16-25(31)30(28-24)19-26(32)29(17-20-7-3-1-4-8-20)18-21-9-5-2-6-10-21/h1-16H,17-19H2. The van der Waals surface area contributed by atoms with Crippen LogP contribution in [0.15, 0.2) is 102 Å². The van der Waals surface area contributed by atoms with Gasteiger partial charge in [-0.05, 0) is 41.5 Å². The quantitative estimate of drug-likeness (QED) is 0.442. The lowest BCUT2D eigenvalue weighted by Gasteiger charge is -2.23. The fourth-order valence-corrected chi connectivity index (χ4v) is 3.40. The lowest BCUT2D eigenvalue weighted by Crippen LogP contribution is -2.36. The summed E-state index contributed by atoms with van der Waals surface area (Å²) in [7, 11) is 0. The lowest BCUT2D eigenvalue weighted by atomic mass is 10.1. The molecular weight excluding hydrogens is 405 g/mol. The number of aromatic nitrogens is 2. The lowest BCUT2D eigenvalue weighted by molar-refractivity contribution is -0.133. The zero-order valence-corrected chi connectivity index (χ0v) is 17.4. The third-order valence-corrected chi connectivity index (χ3v) is 5.08. The van der Waals surface area contributed by atoms with E-state index in [1.54, 1.807) is 23.1 Å². The van der Waals surface area contributed by atoms with Gasteiger partial charge in [0.1, 0.15) is 12.4 Å². The fourth-order valence-electron chi connectivity index (χ4n) is 3.40. The van der Waals surface area contributed by atoms with Gasteiger partial charge in [0.15, 0.2) is 0 Å². The molecule has 0 spiro atoms. The molecular formula is C26H22FN3O2. The average Bonchev–Trinajstić information content (AvgIpc) is 2.82. The van der Waals surface area contributed by atoms with Crippen molar-refractivity contribution in [3.8, 4) is 11.3 Å². The second kappa shape index (κ2) is 9.83. The first-order valence-electron chi connectivity index (χ1n) is 10.3. The van der Waals surface area contributed by atoms with Gasteiger partial charge in [-0.25, -0.2) is 9.07 Å². The first kappa shape index (κ1) is 21.2. The van der Waals surface area contributed by atoms with E-state index in [9.17, 15) is 14.0 Å². The summed E-state index contributed by atoms with van der Waals surface area (Å²) in [5.41, 5.74) is 2.78. The molecule has 32 heavy (non-hydrogen) atoms. The molecule has 0 aliphatic heterocycles. The molecule has 6 heteroatoms. The second-order valence-electron chi connectivity index (χ2n) is 7.44. The van der Waals surface area contributed by atoms with E-state index in [4.69, 9.17) is 0 Å². The fraction of sp³-hybridized carbons (Fsp3) is 0.115. The Labute approximate surface area is 185 Å². The molecule has 0 N–H and O–H groups in total. The maximum atomic E-state index is 13.2. The molecule has 0 aliphatic rings. The van der Waals surface area contributed by atoms with Crippen LogP contribution in [0.3, 0.4) is 0 Å². The molecule has 4 aromatic rings. The summed E-state index contributed by atoms with van der Waals surface area (Å²) in [6, 6.07) is 28.2. The summed E-state index contributed by atoms with van der Waals surface area (Å²) < 4.78 is 14.4. The van der Waals surface area contributed by atoms with Crippen molar-refractivity contribution in [3.05, 3.63) is 124 Å². The van der Waals surface area contributed by atoms with Crippen molar-refractivity contribution < 1.29 is 9.18 Å². The predicted octanol–water partition coefficient (Wildman–Crippen LogP) is 4.28. The zero-order valence-electron chi connectivity index (χ0n) is 17.4. The molecule has 5 nitrogen and oxygen atoms in total. The van der Waals surface area contributed by atoms with Crippen LogP contribution in [-0.4, -0.2) is 20.6 Å². The minimum absolute atomic E-state index is 0.187. The molecule has 0 bridgehead atoms. The third-order valence-electron chi connectivity index (χ3n) is 5.08. The Balaban J connectivity index is 1.59. The Hall–Kier alpha value is -4.06. The highest BCUT2D eigenvalue weighted by Crippen LogP contribution is 2.16. The smallest absolute Gasteiger partial charge is 0.267 e. The van der Waals surface area contributed by atoms with Crippen LogP contribution in [0.25, 0.3) is 11.3 Å². The molecule has 0 radical (unpaired) electrons. The zero-order chi connectivity index (χ0) is 22.3. The Morgan fingerprint density at radius 1 is 0.781 bits per heavy atom. The van der Waals surface area contributed by atoms with Crippen LogP contribution in [0, 0.1) is 5.82 Å². The minimum atomic E-state index is -0.372. The summed E-state index contributed by atoms with van der Waals surface area (Å²) in [4.78, 5) is 27.4. The number of amides is 1. The van der Waals surface area contributed by atoms with E-state index in [2.05, 4.69) is 5.10 Å². The second-order valence-corrected chi connectivity index (χ2v) is 7.44. The Kier molecular flexibility index (Phi) is 6.51. The summed E-state index contributed by atoms with van der Waals surface area (Å²) in [5, 5.41) is 4.34. The number of benzene rings is 3. The number of carbonyl (C=O) groups is 1. The molecule has 0 aliphatic carbocycles. The van der Waals surface area contributed by atoms with Crippen molar-refractivity contribution in [1.29, 1.82) is 0 Å². The van der Waals surface area contributed by atoms with Gasteiger partial charge in [0.2, 0.25) is 5.91 Å². The molecule has 0 unspecified atom stereocenters. The first-order valence-corrected chi connectivity index (χ1v) is 10.3. The maximum Gasteiger partial charge on any atom is 0.267 e. The van der Waals surface area contributed by atoms with Gasteiger partial charge >= 0.3 is 0 Å². The van der Waals surface area contributed by atoms with Crippen molar-refractivity contribution in [3.63, 3.8) is 0 Å². The summed E-state index contributed by atoms with van der Waals surface area (Å²) in [6.07, 6.45) is 0. The van der Waals surface area contributed by atoms with E-state index in [-0.39, 0.29) is 23.8 Å². The molecule has 4 rings (SSSR count). The van der Waals surface area contributed by atoms with E-state index >= 15 is 0 Å². The van der Waals surface area contributed by atoms with Crippen molar-refractivity contribution in [1.82, 2.24) is 14.7 Å². The van der Waals surface area contributed by atoms with Gasteiger partial charge in [-0.2, -0.15) is 5.10 Å². The Morgan fingerprint density at radius 2 is 1.34 bits per heavy atom. The molecule has 1 amide bonds. The van der Waals surface area contributed by atoms with Crippen LogP contribution < -0.4 is 5.56 Å². The maximum absolute atomic E-state index is 13.2. The van der Waals surface area contributed by atoms with Crippen LogP contribution >= 0.6 is 0 Å². The number of hydrogen-bond acceptors (Lipinski definition) is 3. The summed E-state index contributed by atoms with van der Waals surface area (Å²) >= 11 is 0. The van der Waals surface area contributed by atoms with Crippen LogP contribution in [0.4, 0.5) is 4.39 Å². The van der Waals surface area contributed by atoms with Crippen molar-refractivity contribution >= 4 is 5.91 Å². The highest BCUT2D eigenvalue weighted by Gasteiger charge is 2.17. The highest BCUT2D eigenvalue weighted by atomic mass is 19.1. The van der Waals surface area contributed by atoms with Gasteiger partial charge in [0.05, 0.1) is 5.69 Å². The number of rotatable bonds is 7. The normalized spacial score (nSPS) is 10.7. The number of carbonyl (C=O) groups excluding carboxylic acids is 1. The largest absolute Gasteiger partial charge is 0.332 e. The number of halogens is 1. The van der Waals surface area contributed by atoms with Crippen LogP contribution in [0.2, 0.25) is 0 Å². The van der Waals surface area contributed by atoms with Crippen LogP contribution in [0.1, 0.15) is 11.1 Å². The first-order chi connectivity index (χ1) is 15.6. The van der Waals surface area contributed by atoms with E-state index in [0.717, 1.165) is 15.8 Å². The highest BCUT2D eigenvalue weighted by molar-refractivity contribution is 5.76. The SMILES string of the molecule is O=C(Cn1nc(-c2ccc(F)cc2)ccc1=O)N(Cc1ccccc1)Cc1ccccc1. The number of nitrogens with zero attached hydrogens (tertiary/aromatic N) is 3. The average molecular weight is 427 g/mol. The molecule has 3 aromatic carbocycles. The van der Waals surface area contributed by atoms with Gasteiger partial charge in [0, 0.05) is 24.7 Å². The molecule has 0 saturated heterocycles. The molecule has 0 saturated carbocycles. The van der Waals surface area contributed by atoms with E-state index < -0.39 is 0 Å². The van der Waals surface area contributed by atoms with Gasteiger partial charge < -0.3 is 4.90 Å². The van der Waals surface area contributed by atoms with Crippen LogP contribution in [0.5, 0.6) is 0 Å². The Bertz CT molecular complexity index is 1200. The van der Waals surface area contributed by atoms with E-state index in [1.165, 1.54) is 18.2 Å².